The standard InChI is InChI=1S/C13H19F3N2/c1-3-18(9-13(14,15)16)12-5-4-11(6-7-17)10(2)8-12/h4-5,8H,3,6-7,9,17H2,1-2H3. The summed E-state index contributed by atoms with van der Waals surface area (Å²) in [7, 11) is 0. The zero-order valence-electron chi connectivity index (χ0n) is 10.7. The Bertz CT molecular complexity index is 388. The molecule has 1 rings (SSSR count). The van der Waals surface area contributed by atoms with Crippen molar-refractivity contribution in [2.24, 2.45) is 5.73 Å². The Morgan fingerprint density at radius 2 is 1.94 bits per heavy atom. The van der Waals surface area contributed by atoms with E-state index in [0.29, 0.717) is 18.8 Å². The molecule has 0 fully saturated rings. The highest BCUT2D eigenvalue weighted by atomic mass is 19.4. The van der Waals surface area contributed by atoms with Crippen molar-refractivity contribution in [3.63, 3.8) is 0 Å². The highest BCUT2D eigenvalue weighted by Gasteiger charge is 2.30. The lowest BCUT2D eigenvalue weighted by molar-refractivity contribution is -0.119. The summed E-state index contributed by atoms with van der Waals surface area (Å²) in [4.78, 5) is 1.32. The van der Waals surface area contributed by atoms with Gasteiger partial charge in [0.1, 0.15) is 6.54 Å². The summed E-state index contributed by atoms with van der Waals surface area (Å²) >= 11 is 0. The summed E-state index contributed by atoms with van der Waals surface area (Å²) in [5.74, 6) is 0. The van der Waals surface area contributed by atoms with E-state index in [-0.39, 0.29) is 0 Å². The molecule has 1 aromatic rings. The van der Waals surface area contributed by atoms with Gasteiger partial charge in [0.15, 0.2) is 0 Å². The lowest BCUT2D eigenvalue weighted by atomic mass is 10.0. The first-order valence-electron chi connectivity index (χ1n) is 5.98. The number of nitrogens with two attached hydrogens (primary N) is 1. The van der Waals surface area contributed by atoms with Crippen LogP contribution < -0.4 is 10.6 Å². The number of anilines is 1. The minimum atomic E-state index is -4.18. The number of alkyl halides is 3. The molecule has 2 N–H and O–H groups in total. The Labute approximate surface area is 106 Å². The van der Waals surface area contributed by atoms with Crippen LogP contribution in [0.2, 0.25) is 0 Å². The smallest absolute Gasteiger partial charge is 0.363 e. The van der Waals surface area contributed by atoms with E-state index in [4.69, 9.17) is 5.73 Å². The van der Waals surface area contributed by atoms with Gasteiger partial charge in [0.25, 0.3) is 0 Å². The first kappa shape index (κ1) is 14.8. The second-order valence-corrected chi connectivity index (χ2v) is 4.28. The maximum absolute atomic E-state index is 12.4. The molecule has 0 amide bonds. The fraction of sp³-hybridized carbons (Fsp3) is 0.538. The topological polar surface area (TPSA) is 29.3 Å². The highest BCUT2D eigenvalue weighted by Crippen LogP contribution is 2.24. The van der Waals surface area contributed by atoms with Crippen LogP contribution in [0, 0.1) is 6.92 Å². The third-order valence-corrected chi connectivity index (χ3v) is 2.86. The van der Waals surface area contributed by atoms with Crippen molar-refractivity contribution in [3.05, 3.63) is 29.3 Å². The van der Waals surface area contributed by atoms with E-state index in [2.05, 4.69) is 0 Å². The van der Waals surface area contributed by atoms with Crippen LogP contribution in [0.3, 0.4) is 0 Å². The Hall–Kier alpha value is -1.23. The van der Waals surface area contributed by atoms with Gasteiger partial charge in [-0.25, -0.2) is 0 Å². The predicted molar refractivity (Wildman–Crippen MR) is 67.9 cm³/mol. The molecule has 0 spiro atoms. The Morgan fingerprint density at radius 1 is 1.28 bits per heavy atom. The van der Waals surface area contributed by atoms with E-state index in [1.807, 2.05) is 13.0 Å². The molecule has 0 unspecified atom stereocenters. The number of nitrogens with zero attached hydrogens (tertiary/aromatic N) is 1. The van der Waals surface area contributed by atoms with Gasteiger partial charge in [0.05, 0.1) is 0 Å². The lowest BCUT2D eigenvalue weighted by Crippen LogP contribution is -2.34. The molecular formula is C13H19F3N2. The van der Waals surface area contributed by atoms with Crippen LogP contribution in [0.4, 0.5) is 18.9 Å². The minimum absolute atomic E-state index is 0.329. The molecule has 5 heteroatoms. The van der Waals surface area contributed by atoms with Crippen molar-refractivity contribution in [2.45, 2.75) is 26.4 Å². The summed E-state index contributed by atoms with van der Waals surface area (Å²) in [6.45, 7) is 3.57. The third kappa shape index (κ3) is 4.22. The van der Waals surface area contributed by atoms with Crippen LogP contribution in [0.5, 0.6) is 0 Å². The first-order chi connectivity index (χ1) is 8.37. The number of aryl methyl sites for hydroxylation is 1. The van der Waals surface area contributed by atoms with Crippen LogP contribution in [0.1, 0.15) is 18.1 Å². The third-order valence-electron chi connectivity index (χ3n) is 2.86. The van der Waals surface area contributed by atoms with E-state index in [1.54, 1.807) is 19.1 Å². The van der Waals surface area contributed by atoms with E-state index in [9.17, 15) is 13.2 Å². The van der Waals surface area contributed by atoms with Crippen LogP contribution in [-0.4, -0.2) is 25.8 Å². The molecule has 102 valence electrons. The van der Waals surface area contributed by atoms with Gasteiger partial charge in [0.2, 0.25) is 0 Å². The van der Waals surface area contributed by atoms with Crippen LogP contribution in [0.15, 0.2) is 18.2 Å². The zero-order valence-corrected chi connectivity index (χ0v) is 10.7. The second-order valence-electron chi connectivity index (χ2n) is 4.28. The average Bonchev–Trinajstić information content (AvgIpc) is 2.28. The van der Waals surface area contributed by atoms with Gasteiger partial charge in [-0.3, -0.25) is 0 Å². The molecule has 0 aliphatic carbocycles. The number of halogens is 3. The van der Waals surface area contributed by atoms with Crippen molar-refractivity contribution >= 4 is 5.69 Å². The molecule has 0 aliphatic heterocycles. The Morgan fingerprint density at radius 3 is 2.39 bits per heavy atom. The Balaban J connectivity index is 2.90. The number of rotatable bonds is 5. The van der Waals surface area contributed by atoms with E-state index in [1.165, 1.54) is 4.90 Å². The molecule has 0 atom stereocenters. The van der Waals surface area contributed by atoms with Gasteiger partial charge in [0, 0.05) is 12.2 Å². The van der Waals surface area contributed by atoms with Crippen molar-refractivity contribution in [1.29, 1.82) is 0 Å². The highest BCUT2D eigenvalue weighted by molar-refractivity contribution is 5.51. The summed E-state index contributed by atoms with van der Waals surface area (Å²) in [6.07, 6.45) is -3.43. The summed E-state index contributed by atoms with van der Waals surface area (Å²) in [5, 5.41) is 0. The van der Waals surface area contributed by atoms with E-state index < -0.39 is 12.7 Å². The lowest BCUT2D eigenvalue weighted by Gasteiger charge is -2.25. The SMILES string of the molecule is CCN(CC(F)(F)F)c1ccc(CCN)c(C)c1. The van der Waals surface area contributed by atoms with Crippen molar-refractivity contribution in [2.75, 3.05) is 24.5 Å². The van der Waals surface area contributed by atoms with Gasteiger partial charge < -0.3 is 10.6 Å². The first-order valence-corrected chi connectivity index (χ1v) is 5.98. The maximum atomic E-state index is 12.4. The molecule has 0 saturated heterocycles. The van der Waals surface area contributed by atoms with Crippen LogP contribution in [-0.2, 0) is 6.42 Å². The molecule has 2 nitrogen and oxygen atoms in total. The van der Waals surface area contributed by atoms with Gasteiger partial charge in [-0.15, -0.1) is 0 Å². The fourth-order valence-electron chi connectivity index (χ4n) is 1.91. The van der Waals surface area contributed by atoms with Gasteiger partial charge in [-0.1, -0.05) is 6.07 Å². The zero-order chi connectivity index (χ0) is 13.8. The molecule has 0 aromatic heterocycles. The molecule has 1 aromatic carbocycles. The minimum Gasteiger partial charge on any atom is -0.363 e. The summed E-state index contributed by atoms with van der Waals surface area (Å²) in [5.41, 5.74) is 8.15. The van der Waals surface area contributed by atoms with Crippen molar-refractivity contribution in [1.82, 2.24) is 0 Å². The molecule has 0 bridgehead atoms. The van der Waals surface area contributed by atoms with Crippen LogP contribution in [0.25, 0.3) is 0 Å². The fourth-order valence-corrected chi connectivity index (χ4v) is 1.91. The molecule has 0 aliphatic rings. The van der Waals surface area contributed by atoms with E-state index >= 15 is 0 Å². The average molecular weight is 260 g/mol. The van der Waals surface area contributed by atoms with E-state index in [0.717, 1.165) is 17.5 Å². The van der Waals surface area contributed by atoms with Gasteiger partial charge >= 0.3 is 6.18 Å². The molecule has 0 saturated carbocycles. The van der Waals surface area contributed by atoms with Crippen LogP contribution >= 0.6 is 0 Å². The number of hydrogen-bond donors (Lipinski definition) is 1. The van der Waals surface area contributed by atoms with Crippen molar-refractivity contribution in [3.8, 4) is 0 Å². The Kier molecular flexibility index (Phi) is 5.02. The second kappa shape index (κ2) is 6.09. The molecule has 0 radical (unpaired) electrons. The monoisotopic (exact) mass is 260 g/mol. The molecule has 18 heavy (non-hydrogen) atoms. The summed E-state index contributed by atoms with van der Waals surface area (Å²) < 4.78 is 37.3. The molecular weight excluding hydrogens is 241 g/mol. The largest absolute Gasteiger partial charge is 0.405 e. The predicted octanol–water partition coefficient (Wildman–Crippen LogP) is 2.88. The maximum Gasteiger partial charge on any atom is 0.405 e. The summed E-state index contributed by atoms with van der Waals surface area (Å²) in [6, 6.07) is 5.38. The molecule has 0 heterocycles. The van der Waals surface area contributed by atoms with Crippen molar-refractivity contribution < 1.29 is 13.2 Å². The van der Waals surface area contributed by atoms with Gasteiger partial charge in [-0.05, 0) is 50.1 Å². The van der Waals surface area contributed by atoms with Gasteiger partial charge in [-0.2, -0.15) is 13.2 Å². The normalized spacial score (nSPS) is 11.7. The quantitative estimate of drug-likeness (QED) is 0.882. The number of benzene rings is 1. The number of hydrogen-bond acceptors (Lipinski definition) is 2.